The van der Waals surface area contributed by atoms with Crippen molar-refractivity contribution in [3.63, 3.8) is 0 Å². The molecule has 0 aromatic heterocycles. The third-order valence-electron chi connectivity index (χ3n) is 3.40. The van der Waals surface area contributed by atoms with Crippen molar-refractivity contribution in [3.05, 3.63) is 47.5 Å². The number of hydrogen-bond acceptors (Lipinski definition) is 5. The Morgan fingerprint density at radius 2 is 1.68 bits per heavy atom. The molecule has 0 unspecified atom stereocenters. The third-order valence-corrected chi connectivity index (χ3v) is 3.40. The molecule has 5 nitrogen and oxygen atoms in total. The minimum absolute atomic E-state index is 0. The summed E-state index contributed by atoms with van der Waals surface area (Å²) in [5, 5.41) is 22.0. The Morgan fingerprint density at radius 3 is 2.50 bits per heavy atom. The second-order valence-electron chi connectivity index (χ2n) is 4.94. The topological polar surface area (TPSA) is 71.0 Å². The lowest BCUT2D eigenvalue weighted by Crippen LogP contribution is -2.16. The summed E-state index contributed by atoms with van der Waals surface area (Å²) in [6, 6.07) is 10.8. The van der Waals surface area contributed by atoms with Crippen LogP contribution in [0.15, 0.2) is 36.4 Å². The summed E-state index contributed by atoms with van der Waals surface area (Å²) < 4.78 is 10.6. The fraction of sp³-hybridized carbons (Fsp3) is 0.250. The lowest BCUT2D eigenvalue weighted by molar-refractivity contribution is 0.174. The van der Waals surface area contributed by atoms with Gasteiger partial charge < -0.3 is 25.0 Å². The highest BCUT2D eigenvalue weighted by Gasteiger charge is 2.12. The molecule has 0 saturated heterocycles. The van der Waals surface area contributed by atoms with Crippen molar-refractivity contribution in [1.82, 2.24) is 5.32 Å². The van der Waals surface area contributed by atoms with E-state index in [0.29, 0.717) is 0 Å². The zero-order valence-corrected chi connectivity index (χ0v) is 12.7. The highest BCUT2D eigenvalue weighted by Crippen LogP contribution is 2.32. The molecule has 0 aliphatic carbocycles. The molecule has 22 heavy (non-hydrogen) atoms. The van der Waals surface area contributed by atoms with E-state index in [1.165, 1.54) is 6.07 Å². The van der Waals surface area contributed by atoms with E-state index in [9.17, 15) is 10.2 Å². The summed E-state index contributed by atoms with van der Waals surface area (Å²) in [5.41, 5.74) is 2.11. The van der Waals surface area contributed by atoms with Crippen LogP contribution in [0.5, 0.6) is 23.0 Å². The fourth-order valence-electron chi connectivity index (χ4n) is 2.24. The molecular formula is C16H18ClNO4. The highest BCUT2D eigenvalue weighted by molar-refractivity contribution is 5.85. The molecule has 0 fully saturated rings. The molecule has 0 amide bonds. The summed E-state index contributed by atoms with van der Waals surface area (Å²) >= 11 is 0. The molecule has 0 atom stereocenters. The SMILES string of the molecule is Cl.Oc1ccc(CCNCc2ccc3c(c2)OCO3)cc1O. The van der Waals surface area contributed by atoms with E-state index < -0.39 is 0 Å². The van der Waals surface area contributed by atoms with Crippen LogP contribution < -0.4 is 14.8 Å². The van der Waals surface area contributed by atoms with Crippen LogP contribution in [0.4, 0.5) is 0 Å². The monoisotopic (exact) mass is 323 g/mol. The van der Waals surface area contributed by atoms with E-state index in [-0.39, 0.29) is 30.7 Å². The lowest BCUT2D eigenvalue weighted by atomic mass is 10.1. The zero-order valence-electron chi connectivity index (χ0n) is 11.9. The van der Waals surface area contributed by atoms with Crippen LogP contribution in [0.25, 0.3) is 0 Å². The van der Waals surface area contributed by atoms with Gasteiger partial charge in [0.05, 0.1) is 0 Å². The van der Waals surface area contributed by atoms with E-state index in [2.05, 4.69) is 5.32 Å². The molecule has 1 heterocycles. The van der Waals surface area contributed by atoms with Crippen molar-refractivity contribution in [2.75, 3.05) is 13.3 Å². The zero-order chi connectivity index (χ0) is 14.7. The van der Waals surface area contributed by atoms with E-state index in [4.69, 9.17) is 9.47 Å². The van der Waals surface area contributed by atoms with Crippen molar-refractivity contribution < 1.29 is 19.7 Å². The molecular weight excluding hydrogens is 306 g/mol. The second-order valence-corrected chi connectivity index (χ2v) is 4.94. The Labute approximate surface area is 134 Å². The van der Waals surface area contributed by atoms with Crippen molar-refractivity contribution in [1.29, 1.82) is 0 Å². The molecule has 2 aromatic rings. The van der Waals surface area contributed by atoms with Crippen LogP contribution in [0.2, 0.25) is 0 Å². The van der Waals surface area contributed by atoms with Gasteiger partial charge in [-0.3, -0.25) is 0 Å². The van der Waals surface area contributed by atoms with Crippen LogP contribution in [-0.2, 0) is 13.0 Å². The summed E-state index contributed by atoms with van der Waals surface area (Å²) in [6.45, 7) is 1.80. The lowest BCUT2D eigenvalue weighted by Gasteiger charge is -2.07. The van der Waals surface area contributed by atoms with Crippen molar-refractivity contribution in [2.45, 2.75) is 13.0 Å². The van der Waals surface area contributed by atoms with Gasteiger partial charge in [0, 0.05) is 6.54 Å². The molecule has 2 aromatic carbocycles. The molecule has 0 saturated carbocycles. The predicted molar refractivity (Wildman–Crippen MR) is 85.0 cm³/mol. The van der Waals surface area contributed by atoms with Crippen molar-refractivity contribution in [2.24, 2.45) is 0 Å². The maximum atomic E-state index is 9.43. The largest absolute Gasteiger partial charge is 0.504 e. The van der Waals surface area contributed by atoms with Crippen molar-refractivity contribution in [3.8, 4) is 23.0 Å². The third kappa shape index (κ3) is 3.75. The Kier molecular flexibility index (Phi) is 5.35. The molecule has 3 N–H and O–H groups in total. The van der Waals surface area contributed by atoms with Crippen LogP contribution in [0.1, 0.15) is 11.1 Å². The predicted octanol–water partition coefficient (Wildman–Crippen LogP) is 2.58. The summed E-state index contributed by atoms with van der Waals surface area (Å²) in [5.74, 6) is 1.41. The summed E-state index contributed by atoms with van der Waals surface area (Å²) in [7, 11) is 0. The van der Waals surface area contributed by atoms with Gasteiger partial charge in [0.25, 0.3) is 0 Å². The Balaban J connectivity index is 0.00000176. The molecule has 3 rings (SSSR count). The Morgan fingerprint density at radius 1 is 0.909 bits per heavy atom. The Bertz CT molecular complexity index is 648. The number of hydrogen-bond donors (Lipinski definition) is 3. The number of benzene rings is 2. The molecule has 118 valence electrons. The van der Waals surface area contributed by atoms with E-state index in [1.807, 2.05) is 18.2 Å². The normalized spacial score (nSPS) is 12.0. The quantitative estimate of drug-likeness (QED) is 0.583. The van der Waals surface area contributed by atoms with Crippen LogP contribution >= 0.6 is 12.4 Å². The van der Waals surface area contributed by atoms with Crippen LogP contribution in [0.3, 0.4) is 0 Å². The average Bonchev–Trinajstić information content (AvgIpc) is 2.95. The number of phenolic OH excluding ortho intramolecular Hbond substituents is 2. The van der Waals surface area contributed by atoms with Crippen LogP contribution in [-0.4, -0.2) is 23.6 Å². The molecule has 6 heteroatoms. The first-order chi connectivity index (χ1) is 10.2. The first-order valence-corrected chi connectivity index (χ1v) is 6.82. The van der Waals surface area contributed by atoms with Gasteiger partial charge in [-0.25, -0.2) is 0 Å². The number of halogens is 1. The van der Waals surface area contributed by atoms with Gasteiger partial charge in [-0.15, -0.1) is 12.4 Å². The average molecular weight is 324 g/mol. The minimum Gasteiger partial charge on any atom is -0.504 e. The van der Waals surface area contributed by atoms with E-state index >= 15 is 0 Å². The molecule has 0 bridgehead atoms. The molecule has 0 radical (unpaired) electrons. The van der Waals surface area contributed by atoms with Gasteiger partial charge in [-0.05, 0) is 48.4 Å². The Hall–Kier alpha value is -2.11. The van der Waals surface area contributed by atoms with Gasteiger partial charge >= 0.3 is 0 Å². The molecule has 1 aliphatic heterocycles. The minimum atomic E-state index is -0.0907. The summed E-state index contributed by atoms with van der Waals surface area (Å²) in [4.78, 5) is 0. The number of nitrogens with one attached hydrogen (secondary N) is 1. The first-order valence-electron chi connectivity index (χ1n) is 6.82. The molecule has 0 spiro atoms. The maximum absolute atomic E-state index is 9.43. The molecule has 1 aliphatic rings. The number of fused-ring (bicyclic) bond motifs is 1. The number of aromatic hydroxyl groups is 2. The van der Waals surface area contributed by atoms with Gasteiger partial charge in [-0.1, -0.05) is 12.1 Å². The maximum Gasteiger partial charge on any atom is 0.231 e. The highest BCUT2D eigenvalue weighted by atomic mass is 35.5. The smallest absolute Gasteiger partial charge is 0.231 e. The van der Waals surface area contributed by atoms with Crippen LogP contribution in [0, 0.1) is 0 Å². The number of rotatable bonds is 5. The second kappa shape index (κ2) is 7.24. The van der Waals surface area contributed by atoms with E-state index in [1.54, 1.807) is 12.1 Å². The first kappa shape index (κ1) is 16.3. The number of ether oxygens (including phenoxy) is 2. The van der Waals surface area contributed by atoms with Gasteiger partial charge in [0.2, 0.25) is 6.79 Å². The fourth-order valence-corrected chi connectivity index (χ4v) is 2.24. The van der Waals surface area contributed by atoms with Gasteiger partial charge in [0.1, 0.15) is 0 Å². The van der Waals surface area contributed by atoms with Gasteiger partial charge in [-0.2, -0.15) is 0 Å². The van der Waals surface area contributed by atoms with Crippen molar-refractivity contribution >= 4 is 12.4 Å². The van der Waals surface area contributed by atoms with E-state index in [0.717, 1.165) is 42.1 Å². The van der Waals surface area contributed by atoms with Gasteiger partial charge in [0.15, 0.2) is 23.0 Å². The standard InChI is InChI=1S/C16H17NO4.ClH/c18-13-3-1-11(7-14(13)19)5-6-17-9-12-2-4-15-16(8-12)21-10-20-15;/h1-4,7-8,17-19H,5-6,9-10H2;1H. The summed E-state index contributed by atoms with van der Waals surface area (Å²) in [6.07, 6.45) is 0.776. The number of phenols is 2.